The standard InChI is InChI=1S/C12H11ClN2O2S2/c13-11-3-4-12(18-11)19(16,17)15-9-1-2-10-8(7-9)5-6-14-10/h1-4,7,14-15H,5-6H2. The summed E-state index contributed by atoms with van der Waals surface area (Å²) < 4.78 is 27.5. The van der Waals surface area contributed by atoms with Crippen LogP contribution in [0.1, 0.15) is 5.56 Å². The Balaban J connectivity index is 1.89. The molecule has 2 N–H and O–H groups in total. The van der Waals surface area contributed by atoms with Crippen molar-refractivity contribution in [2.45, 2.75) is 10.6 Å². The molecule has 0 bridgehead atoms. The van der Waals surface area contributed by atoms with Crippen molar-refractivity contribution in [3.8, 4) is 0 Å². The van der Waals surface area contributed by atoms with Gasteiger partial charge >= 0.3 is 0 Å². The van der Waals surface area contributed by atoms with Crippen molar-refractivity contribution in [1.82, 2.24) is 0 Å². The molecule has 0 radical (unpaired) electrons. The molecule has 0 unspecified atom stereocenters. The maximum absolute atomic E-state index is 12.1. The zero-order valence-electron chi connectivity index (χ0n) is 9.81. The summed E-state index contributed by atoms with van der Waals surface area (Å²) in [5.41, 5.74) is 2.78. The third-order valence-corrected chi connectivity index (χ3v) is 5.98. The van der Waals surface area contributed by atoms with E-state index in [-0.39, 0.29) is 4.21 Å². The molecule has 1 aromatic carbocycles. The van der Waals surface area contributed by atoms with E-state index in [4.69, 9.17) is 11.6 Å². The van der Waals surface area contributed by atoms with E-state index in [0.717, 1.165) is 35.6 Å². The van der Waals surface area contributed by atoms with E-state index in [1.165, 1.54) is 6.07 Å². The third kappa shape index (κ3) is 2.56. The van der Waals surface area contributed by atoms with Gasteiger partial charge in [-0.1, -0.05) is 11.6 Å². The van der Waals surface area contributed by atoms with E-state index >= 15 is 0 Å². The second-order valence-corrected chi connectivity index (χ2v) is 7.84. The van der Waals surface area contributed by atoms with Crippen LogP contribution in [-0.4, -0.2) is 15.0 Å². The van der Waals surface area contributed by atoms with Crippen molar-refractivity contribution >= 4 is 44.3 Å². The van der Waals surface area contributed by atoms with Gasteiger partial charge in [0.15, 0.2) is 0 Å². The van der Waals surface area contributed by atoms with E-state index in [2.05, 4.69) is 10.0 Å². The zero-order chi connectivity index (χ0) is 13.5. The second-order valence-electron chi connectivity index (χ2n) is 4.21. The fourth-order valence-electron chi connectivity index (χ4n) is 2.02. The van der Waals surface area contributed by atoms with Crippen molar-refractivity contribution < 1.29 is 8.42 Å². The van der Waals surface area contributed by atoms with Crippen LogP contribution >= 0.6 is 22.9 Å². The van der Waals surface area contributed by atoms with Crippen LogP contribution in [0.4, 0.5) is 11.4 Å². The minimum Gasteiger partial charge on any atom is -0.384 e. The molecule has 100 valence electrons. The zero-order valence-corrected chi connectivity index (χ0v) is 12.2. The molecule has 0 fully saturated rings. The average Bonchev–Trinajstić information content (AvgIpc) is 2.96. The van der Waals surface area contributed by atoms with Gasteiger partial charge in [-0.25, -0.2) is 8.42 Å². The molecule has 0 amide bonds. The molecule has 19 heavy (non-hydrogen) atoms. The Kier molecular flexibility index (Phi) is 3.16. The Morgan fingerprint density at radius 2 is 2.11 bits per heavy atom. The highest BCUT2D eigenvalue weighted by Gasteiger charge is 2.18. The van der Waals surface area contributed by atoms with Crippen molar-refractivity contribution in [3.05, 3.63) is 40.2 Å². The smallest absolute Gasteiger partial charge is 0.271 e. The number of anilines is 2. The first-order valence-corrected chi connectivity index (χ1v) is 8.37. The van der Waals surface area contributed by atoms with Gasteiger partial charge in [-0.3, -0.25) is 4.72 Å². The normalized spacial score (nSPS) is 13.9. The lowest BCUT2D eigenvalue weighted by Crippen LogP contribution is -2.11. The Morgan fingerprint density at radius 3 is 2.84 bits per heavy atom. The number of nitrogens with one attached hydrogen (secondary N) is 2. The van der Waals surface area contributed by atoms with Crippen LogP contribution in [0.25, 0.3) is 0 Å². The molecule has 7 heteroatoms. The first-order chi connectivity index (χ1) is 9.04. The van der Waals surface area contributed by atoms with Crippen LogP contribution in [0, 0.1) is 0 Å². The van der Waals surface area contributed by atoms with Crippen molar-refractivity contribution in [3.63, 3.8) is 0 Å². The number of hydrogen-bond donors (Lipinski definition) is 2. The Morgan fingerprint density at radius 1 is 1.26 bits per heavy atom. The van der Waals surface area contributed by atoms with Crippen LogP contribution < -0.4 is 10.0 Å². The second kappa shape index (κ2) is 4.70. The summed E-state index contributed by atoms with van der Waals surface area (Å²) in [6.07, 6.45) is 0.912. The van der Waals surface area contributed by atoms with Gasteiger partial charge in [0.2, 0.25) is 0 Å². The van der Waals surface area contributed by atoms with Crippen molar-refractivity contribution in [1.29, 1.82) is 0 Å². The molecule has 1 aliphatic heterocycles. The SMILES string of the molecule is O=S(=O)(Nc1ccc2c(c1)CCN2)c1ccc(Cl)s1. The van der Waals surface area contributed by atoms with E-state index in [9.17, 15) is 8.42 Å². The van der Waals surface area contributed by atoms with Gasteiger partial charge in [-0.2, -0.15) is 0 Å². The van der Waals surface area contributed by atoms with E-state index in [1.54, 1.807) is 12.1 Å². The summed E-state index contributed by atoms with van der Waals surface area (Å²) in [6.45, 7) is 0.895. The quantitative estimate of drug-likeness (QED) is 0.915. The van der Waals surface area contributed by atoms with Crippen LogP contribution in [0.3, 0.4) is 0 Å². The Hall–Kier alpha value is -1.24. The molecule has 4 nitrogen and oxygen atoms in total. The van der Waals surface area contributed by atoms with Crippen LogP contribution in [-0.2, 0) is 16.4 Å². The van der Waals surface area contributed by atoms with Gasteiger partial charge in [0.05, 0.1) is 4.34 Å². The topological polar surface area (TPSA) is 58.2 Å². The molecule has 0 saturated carbocycles. The minimum atomic E-state index is -3.55. The van der Waals surface area contributed by atoms with E-state index in [1.807, 2.05) is 12.1 Å². The van der Waals surface area contributed by atoms with E-state index < -0.39 is 10.0 Å². The largest absolute Gasteiger partial charge is 0.384 e. The van der Waals surface area contributed by atoms with Gasteiger partial charge in [-0.15, -0.1) is 11.3 Å². The molecule has 0 spiro atoms. The van der Waals surface area contributed by atoms with Crippen molar-refractivity contribution in [2.24, 2.45) is 0 Å². The predicted molar refractivity (Wildman–Crippen MR) is 78.8 cm³/mol. The Bertz CT molecular complexity index is 725. The van der Waals surface area contributed by atoms with Gasteiger partial charge in [0, 0.05) is 17.9 Å². The summed E-state index contributed by atoms with van der Waals surface area (Å²) in [7, 11) is -3.55. The maximum atomic E-state index is 12.1. The van der Waals surface area contributed by atoms with Gasteiger partial charge in [0.25, 0.3) is 10.0 Å². The van der Waals surface area contributed by atoms with Crippen LogP contribution in [0.2, 0.25) is 4.34 Å². The lowest BCUT2D eigenvalue weighted by Gasteiger charge is -2.08. The first kappa shape index (κ1) is 12.8. The number of rotatable bonds is 3. The molecular formula is C12H11ClN2O2S2. The van der Waals surface area contributed by atoms with E-state index in [0.29, 0.717) is 10.0 Å². The first-order valence-electron chi connectivity index (χ1n) is 5.69. The number of thiophene rings is 1. The average molecular weight is 315 g/mol. The summed E-state index contributed by atoms with van der Waals surface area (Å²) in [5, 5.41) is 3.23. The van der Waals surface area contributed by atoms with Crippen LogP contribution in [0.5, 0.6) is 0 Å². The Labute approximate surface area is 120 Å². The molecule has 1 aromatic heterocycles. The molecule has 2 aromatic rings. The highest BCUT2D eigenvalue weighted by molar-refractivity contribution is 7.94. The highest BCUT2D eigenvalue weighted by atomic mass is 35.5. The minimum absolute atomic E-state index is 0.219. The highest BCUT2D eigenvalue weighted by Crippen LogP contribution is 2.29. The van der Waals surface area contributed by atoms with Gasteiger partial charge in [-0.05, 0) is 42.3 Å². The molecule has 3 rings (SSSR count). The fourth-order valence-corrected chi connectivity index (χ4v) is 4.55. The molecular weight excluding hydrogens is 304 g/mol. The lowest BCUT2D eigenvalue weighted by atomic mass is 10.1. The lowest BCUT2D eigenvalue weighted by molar-refractivity contribution is 0.603. The van der Waals surface area contributed by atoms with Crippen molar-refractivity contribution in [2.75, 3.05) is 16.6 Å². The molecule has 0 aliphatic carbocycles. The number of hydrogen-bond acceptors (Lipinski definition) is 4. The predicted octanol–water partition coefficient (Wildman–Crippen LogP) is 3.17. The monoisotopic (exact) mass is 314 g/mol. The van der Waals surface area contributed by atoms with Crippen LogP contribution in [0.15, 0.2) is 34.5 Å². The number of benzene rings is 1. The molecule has 0 atom stereocenters. The number of fused-ring (bicyclic) bond motifs is 1. The third-order valence-electron chi connectivity index (χ3n) is 2.88. The van der Waals surface area contributed by atoms with Gasteiger partial charge in [0.1, 0.15) is 4.21 Å². The number of halogens is 1. The summed E-state index contributed by atoms with van der Waals surface area (Å²) in [6, 6.07) is 8.59. The molecule has 2 heterocycles. The van der Waals surface area contributed by atoms with Gasteiger partial charge < -0.3 is 5.32 Å². The summed E-state index contributed by atoms with van der Waals surface area (Å²) in [5.74, 6) is 0. The molecule has 1 aliphatic rings. The molecule has 0 saturated heterocycles. The number of sulfonamides is 1. The maximum Gasteiger partial charge on any atom is 0.271 e. The summed E-state index contributed by atoms with van der Waals surface area (Å²) >= 11 is 6.81. The fraction of sp³-hybridized carbons (Fsp3) is 0.167. The summed E-state index contributed by atoms with van der Waals surface area (Å²) in [4.78, 5) is 0.